The van der Waals surface area contributed by atoms with Gasteiger partial charge in [0.05, 0.1) is 6.54 Å². The van der Waals surface area contributed by atoms with Gasteiger partial charge in [-0.3, -0.25) is 9.69 Å². The van der Waals surface area contributed by atoms with Gasteiger partial charge in [0, 0.05) is 13.1 Å². The summed E-state index contributed by atoms with van der Waals surface area (Å²) in [5.41, 5.74) is -1.30. The van der Waals surface area contributed by atoms with Gasteiger partial charge in [0.15, 0.2) is 5.54 Å². The predicted molar refractivity (Wildman–Crippen MR) is 97.0 cm³/mol. The maximum Gasteiger partial charge on any atom is 0.408 e. The van der Waals surface area contributed by atoms with Crippen molar-refractivity contribution in [2.45, 2.75) is 44.9 Å². The van der Waals surface area contributed by atoms with Crippen molar-refractivity contribution < 1.29 is 29.0 Å². The number of nitrogens with one attached hydrogen (secondary N) is 1. The van der Waals surface area contributed by atoms with Crippen molar-refractivity contribution in [3.05, 3.63) is 35.9 Å². The highest BCUT2D eigenvalue weighted by Crippen LogP contribution is 2.22. The van der Waals surface area contributed by atoms with Gasteiger partial charge in [0.25, 0.3) is 0 Å². The maximum absolute atomic E-state index is 12.1. The summed E-state index contributed by atoms with van der Waals surface area (Å²) in [4.78, 5) is 37.5. The molecule has 0 aromatic heterocycles. The normalized spacial score (nSPS) is 20.1. The molecule has 1 fully saturated rings. The van der Waals surface area contributed by atoms with Gasteiger partial charge in [0.1, 0.15) is 12.2 Å². The summed E-state index contributed by atoms with van der Waals surface area (Å²) in [6.07, 6.45) is -0.633. The van der Waals surface area contributed by atoms with E-state index in [1.165, 1.54) is 0 Å². The molecule has 1 atom stereocenters. The molecule has 0 bridgehead atoms. The Kier molecular flexibility index (Phi) is 6.43. The zero-order chi connectivity index (χ0) is 20.1. The molecule has 1 amide bonds. The maximum atomic E-state index is 12.1. The average Bonchev–Trinajstić information content (AvgIpc) is 2.96. The van der Waals surface area contributed by atoms with Crippen LogP contribution in [0.5, 0.6) is 0 Å². The van der Waals surface area contributed by atoms with Crippen molar-refractivity contribution in [1.29, 1.82) is 0 Å². The first-order valence-corrected chi connectivity index (χ1v) is 8.76. The van der Waals surface area contributed by atoms with Crippen LogP contribution >= 0.6 is 0 Å². The number of alkyl carbamates (subject to hydrolysis) is 1. The van der Waals surface area contributed by atoms with Crippen LogP contribution in [-0.4, -0.2) is 58.8 Å². The third-order valence-electron chi connectivity index (χ3n) is 4.08. The average molecular weight is 378 g/mol. The smallest absolute Gasteiger partial charge is 0.408 e. The lowest BCUT2D eigenvalue weighted by molar-refractivity contribution is -0.156. The highest BCUT2D eigenvalue weighted by Gasteiger charge is 2.47. The van der Waals surface area contributed by atoms with Crippen molar-refractivity contribution >= 4 is 18.0 Å². The molecule has 1 saturated heterocycles. The minimum Gasteiger partial charge on any atom is -0.479 e. The Morgan fingerprint density at radius 1 is 1.22 bits per heavy atom. The molecule has 8 nitrogen and oxygen atoms in total. The first-order valence-electron chi connectivity index (χ1n) is 8.76. The first kappa shape index (κ1) is 20.7. The van der Waals surface area contributed by atoms with Gasteiger partial charge < -0.3 is 19.9 Å². The quantitative estimate of drug-likeness (QED) is 0.727. The van der Waals surface area contributed by atoms with Crippen LogP contribution in [0.2, 0.25) is 0 Å². The number of esters is 1. The third kappa shape index (κ3) is 6.25. The summed E-state index contributed by atoms with van der Waals surface area (Å²) in [6.45, 7) is 5.66. The van der Waals surface area contributed by atoms with E-state index in [4.69, 9.17) is 9.47 Å². The molecule has 0 saturated carbocycles. The van der Waals surface area contributed by atoms with E-state index < -0.39 is 29.2 Å². The fourth-order valence-electron chi connectivity index (χ4n) is 2.86. The van der Waals surface area contributed by atoms with E-state index >= 15 is 0 Å². The van der Waals surface area contributed by atoms with Gasteiger partial charge in [-0.25, -0.2) is 9.59 Å². The summed E-state index contributed by atoms with van der Waals surface area (Å²) in [5, 5.41) is 12.1. The monoisotopic (exact) mass is 378 g/mol. The second kappa shape index (κ2) is 8.39. The lowest BCUT2D eigenvalue weighted by atomic mass is 9.99. The number of hydrogen-bond donors (Lipinski definition) is 2. The van der Waals surface area contributed by atoms with Crippen LogP contribution in [0.3, 0.4) is 0 Å². The number of nitrogens with zero attached hydrogens (tertiary/aromatic N) is 1. The molecule has 1 aliphatic heterocycles. The number of carbonyl (C=O) groups is 3. The summed E-state index contributed by atoms with van der Waals surface area (Å²) in [7, 11) is 0. The van der Waals surface area contributed by atoms with Crippen molar-refractivity contribution in [3.63, 3.8) is 0 Å². The van der Waals surface area contributed by atoms with Crippen LogP contribution in [0.4, 0.5) is 4.79 Å². The molecule has 1 heterocycles. The molecule has 1 unspecified atom stereocenters. The molecule has 1 aromatic rings. The molecule has 1 aliphatic rings. The Morgan fingerprint density at radius 2 is 1.89 bits per heavy atom. The van der Waals surface area contributed by atoms with Crippen LogP contribution in [0.1, 0.15) is 32.8 Å². The van der Waals surface area contributed by atoms with Crippen LogP contribution in [0, 0.1) is 0 Å². The third-order valence-corrected chi connectivity index (χ3v) is 4.08. The summed E-state index contributed by atoms with van der Waals surface area (Å²) >= 11 is 0. The number of carboxylic acid groups (broad SMARTS) is 1. The number of carbonyl (C=O) groups excluding carboxylic acids is 2. The van der Waals surface area contributed by atoms with Gasteiger partial charge in [-0.05, 0) is 32.8 Å². The zero-order valence-corrected chi connectivity index (χ0v) is 15.9. The second-order valence-electron chi connectivity index (χ2n) is 7.62. The molecule has 0 radical (unpaired) electrons. The number of likely N-dealkylation sites (tertiary alicyclic amines) is 1. The van der Waals surface area contributed by atoms with Crippen molar-refractivity contribution in [1.82, 2.24) is 10.2 Å². The molecule has 2 rings (SSSR count). The van der Waals surface area contributed by atoms with Crippen LogP contribution in [0.15, 0.2) is 30.3 Å². The predicted octanol–water partition coefficient (Wildman–Crippen LogP) is 1.78. The van der Waals surface area contributed by atoms with Crippen LogP contribution in [0.25, 0.3) is 0 Å². The second-order valence-corrected chi connectivity index (χ2v) is 7.62. The molecule has 27 heavy (non-hydrogen) atoms. The van der Waals surface area contributed by atoms with E-state index in [1.54, 1.807) is 37.8 Å². The molecular formula is C19H26N2O6. The van der Waals surface area contributed by atoms with E-state index in [0.29, 0.717) is 6.54 Å². The Balaban J connectivity index is 1.91. The zero-order valence-electron chi connectivity index (χ0n) is 15.9. The van der Waals surface area contributed by atoms with Gasteiger partial charge >= 0.3 is 18.0 Å². The fourth-order valence-corrected chi connectivity index (χ4v) is 2.86. The summed E-state index contributed by atoms with van der Waals surface area (Å²) in [6, 6.07) is 9.10. The van der Waals surface area contributed by atoms with E-state index in [1.807, 2.05) is 18.2 Å². The van der Waals surface area contributed by atoms with Crippen molar-refractivity contribution in [3.8, 4) is 0 Å². The molecule has 0 spiro atoms. The molecule has 1 aromatic carbocycles. The Hall–Kier alpha value is -2.61. The van der Waals surface area contributed by atoms with Crippen LogP contribution in [-0.2, 0) is 25.7 Å². The Bertz CT molecular complexity index is 685. The minimum absolute atomic E-state index is 0.00200. The molecule has 0 aliphatic carbocycles. The van der Waals surface area contributed by atoms with Gasteiger partial charge in [-0.1, -0.05) is 30.3 Å². The van der Waals surface area contributed by atoms with E-state index in [0.717, 1.165) is 5.56 Å². The topological polar surface area (TPSA) is 105 Å². The van der Waals surface area contributed by atoms with E-state index in [2.05, 4.69) is 5.32 Å². The fraction of sp³-hybridized carbons (Fsp3) is 0.526. The van der Waals surface area contributed by atoms with Gasteiger partial charge in [0.2, 0.25) is 0 Å². The molecule has 148 valence electrons. The minimum atomic E-state index is -1.49. The molecular weight excluding hydrogens is 352 g/mol. The number of hydrogen-bond acceptors (Lipinski definition) is 6. The van der Waals surface area contributed by atoms with Crippen molar-refractivity contribution in [2.24, 2.45) is 0 Å². The Morgan fingerprint density at radius 3 is 2.48 bits per heavy atom. The van der Waals surface area contributed by atoms with Crippen LogP contribution < -0.4 is 5.32 Å². The number of rotatable bonds is 6. The number of carboxylic acids is 1. The van der Waals surface area contributed by atoms with E-state index in [9.17, 15) is 19.5 Å². The van der Waals surface area contributed by atoms with Crippen molar-refractivity contribution in [2.75, 3.05) is 19.6 Å². The highest BCUT2D eigenvalue weighted by molar-refractivity contribution is 5.85. The summed E-state index contributed by atoms with van der Waals surface area (Å²) < 4.78 is 10.4. The van der Waals surface area contributed by atoms with E-state index in [-0.39, 0.29) is 26.1 Å². The lowest BCUT2D eigenvalue weighted by Crippen LogP contribution is -2.56. The number of aliphatic carboxylic acids is 1. The highest BCUT2D eigenvalue weighted by atomic mass is 16.6. The largest absolute Gasteiger partial charge is 0.479 e. The first-order chi connectivity index (χ1) is 12.6. The standard InChI is InChI=1S/C19H26N2O6/c1-18(2,3)27-15(22)11-21-10-9-19(13-21,16(23)24)20-17(25)26-12-14-7-5-4-6-8-14/h4-8H,9-13H2,1-3H3,(H,20,25)(H,23,24). The summed E-state index contributed by atoms with van der Waals surface area (Å²) in [5.74, 6) is -1.60. The number of benzene rings is 1. The molecule has 2 N–H and O–H groups in total. The van der Waals surface area contributed by atoms with Gasteiger partial charge in [-0.2, -0.15) is 0 Å². The Labute approximate surface area is 158 Å². The number of ether oxygens (including phenoxy) is 2. The SMILES string of the molecule is CC(C)(C)OC(=O)CN1CCC(NC(=O)OCc2ccccc2)(C(=O)O)C1. The molecule has 8 heteroatoms. The lowest BCUT2D eigenvalue weighted by Gasteiger charge is -2.26. The number of amides is 1. The van der Waals surface area contributed by atoms with Gasteiger partial charge in [-0.15, -0.1) is 0 Å².